The van der Waals surface area contributed by atoms with Crippen LogP contribution in [0.25, 0.3) is 16.5 Å². The number of urea groups is 1. The average Bonchev–Trinajstić information content (AvgIpc) is 3.20. The van der Waals surface area contributed by atoms with Crippen molar-refractivity contribution < 1.29 is 19.1 Å². The van der Waals surface area contributed by atoms with E-state index in [0.29, 0.717) is 37.7 Å². The fourth-order valence-corrected chi connectivity index (χ4v) is 5.66. The maximum Gasteiger partial charge on any atom is 0.342 e. The third-order valence-corrected chi connectivity index (χ3v) is 7.35. The number of aromatic nitrogens is 1. The zero-order valence-electron chi connectivity index (χ0n) is 23.9. The summed E-state index contributed by atoms with van der Waals surface area (Å²) in [5, 5.41) is 1.06. The number of para-hydroxylation sites is 1. The number of ether oxygens (including phenoxy) is 2. The summed E-state index contributed by atoms with van der Waals surface area (Å²) in [5.41, 5.74) is 2.74. The number of piperidine rings is 1. The molecule has 0 bridgehead atoms. The molecular formula is C30H44N4O4. The van der Waals surface area contributed by atoms with Gasteiger partial charge in [0.15, 0.2) is 0 Å². The van der Waals surface area contributed by atoms with Crippen molar-refractivity contribution >= 4 is 28.5 Å². The highest BCUT2D eigenvalue weighted by atomic mass is 16.5. The van der Waals surface area contributed by atoms with Gasteiger partial charge in [-0.05, 0) is 65.4 Å². The Bertz CT molecular complexity index is 1170. The number of aromatic amines is 1. The fraction of sp³-hybridized carbons (Fsp3) is 0.600. The highest BCUT2D eigenvalue weighted by Crippen LogP contribution is 2.40. The molecule has 4 rings (SSSR count). The van der Waals surface area contributed by atoms with Gasteiger partial charge in [-0.2, -0.15) is 0 Å². The topological polar surface area (TPSA) is 78.1 Å². The van der Waals surface area contributed by atoms with Crippen LogP contribution in [0.1, 0.15) is 58.2 Å². The van der Waals surface area contributed by atoms with E-state index < -0.39 is 11.4 Å². The van der Waals surface area contributed by atoms with Gasteiger partial charge >= 0.3 is 12.0 Å². The molecule has 1 saturated heterocycles. The van der Waals surface area contributed by atoms with Crippen LogP contribution in [0.2, 0.25) is 0 Å². The van der Waals surface area contributed by atoms with Crippen LogP contribution >= 0.6 is 0 Å². The largest absolute Gasteiger partial charge is 0.459 e. The van der Waals surface area contributed by atoms with Gasteiger partial charge in [-0.15, -0.1) is 0 Å². The van der Waals surface area contributed by atoms with Crippen LogP contribution in [0.5, 0.6) is 0 Å². The molecule has 8 heteroatoms. The first-order chi connectivity index (χ1) is 18.1. The molecule has 1 unspecified atom stereocenters. The summed E-state index contributed by atoms with van der Waals surface area (Å²) in [4.78, 5) is 36.5. The summed E-state index contributed by atoms with van der Waals surface area (Å²) in [7, 11) is 4.13. The number of carbonyl (C=O) groups is 2. The highest BCUT2D eigenvalue weighted by Gasteiger charge is 2.39. The molecule has 1 aromatic heterocycles. The monoisotopic (exact) mass is 524 g/mol. The highest BCUT2D eigenvalue weighted by molar-refractivity contribution is 6.18. The smallest absolute Gasteiger partial charge is 0.342 e. The van der Waals surface area contributed by atoms with Gasteiger partial charge in [0.1, 0.15) is 0 Å². The number of nitrogens with zero attached hydrogens (tertiary/aromatic N) is 3. The second kappa shape index (κ2) is 11.9. The van der Waals surface area contributed by atoms with Crippen LogP contribution in [0, 0.1) is 5.92 Å². The average molecular weight is 525 g/mol. The fourth-order valence-electron chi connectivity index (χ4n) is 5.66. The van der Waals surface area contributed by atoms with Crippen LogP contribution < -0.4 is 0 Å². The molecule has 2 amide bonds. The van der Waals surface area contributed by atoms with Crippen LogP contribution in [-0.2, 0) is 19.7 Å². The summed E-state index contributed by atoms with van der Waals surface area (Å²) in [6.07, 6.45) is 4.44. The minimum atomic E-state index is -0.425. The maximum absolute atomic E-state index is 13.9. The van der Waals surface area contributed by atoms with Gasteiger partial charge in [0.25, 0.3) is 0 Å². The normalized spacial score (nSPS) is 19.5. The Labute approximate surface area is 226 Å². The Kier molecular flexibility index (Phi) is 8.83. The minimum absolute atomic E-state index is 0.0697. The van der Waals surface area contributed by atoms with Crippen molar-refractivity contribution in [3.8, 4) is 0 Å². The number of carbonyl (C=O) groups excluding carboxylic acids is 2. The number of fused-ring (bicyclic) bond motifs is 3. The van der Waals surface area contributed by atoms with Crippen molar-refractivity contribution in [2.24, 2.45) is 5.92 Å². The molecule has 2 aliphatic heterocycles. The third-order valence-electron chi connectivity index (χ3n) is 7.35. The molecule has 0 radical (unpaired) electrons. The lowest BCUT2D eigenvalue weighted by Gasteiger charge is -2.37. The standard InChI is InChI=1S/C30H44N4O4/c1-21(2)38-28(35)24-18-34(20-30(3,4)26-23-12-7-8-13-25(23)31-27(24)26)29(36)33-15-9-11-22(17-33)19-37-16-10-14-32(5)6/h7-8,12-13,18,21-22,31H,9-11,14-17,19-20H2,1-6H3. The van der Waals surface area contributed by atoms with E-state index in [2.05, 4.69) is 43.9 Å². The van der Waals surface area contributed by atoms with Crippen molar-refractivity contribution in [1.29, 1.82) is 0 Å². The summed E-state index contributed by atoms with van der Waals surface area (Å²) in [6.45, 7) is 12.2. The summed E-state index contributed by atoms with van der Waals surface area (Å²) >= 11 is 0. The summed E-state index contributed by atoms with van der Waals surface area (Å²) in [5.74, 6) is -0.107. The molecule has 1 aromatic carbocycles. The molecule has 0 saturated carbocycles. The van der Waals surface area contributed by atoms with Crippen molar-refractivity contribution in [1.82, 2.24) is 19.7 Å². The Balaban J connectivity index is 1.57. The van der Waals surface area contributed by atoms with Gasteiger partial charge in [0.05, 0.1) is 24.0 Å². The lowest BCUT2D eigenvalue weighted by Crippen LogP contribution is -2.49. The maximum atomic E-state index is 13.9. The first-order valence-electron chi connectivity index (χ1n) is 13.9. The zero-order valence-corrected chi connectivity index (χ0v) is 23.9. The predicted octanol–water partition coefficient (Wildman–Crippen LogP) is 4.85. The van der Waals surface area contributed by atoms with E-state index >= 15 is 0 Å². The number of esters is 1. The molecule has 208 valence electrons. The number of likely N-dealkylation sites (tertiary alicyclic amines) is 1. The zero-order chi connectivity index (χ0) is 27.4. The van der Waals surface area contributed by atoms with Crippen LogP contribution in [0.4, 0.5) is 4.79 Å². The molecule has 1 N–H and O–H groups in total. The minimum Gasteiger partial charge on any atom is -0.459 e. The van der Waals surface area contributed by atoms with E-state index in [4.69, 9.17) is 9.47 Å². The lowest BCUT2D eigenvalue weighted by molar-refractivity contribution is -0.140. The van der Waals surface area contributed by atoms with E-state index in [1.807, 2.05) is 36.9 Å². The van der Waals surface area contributed by atoms with E-state index in [1.165, 1.54) is 0 Å². The first kappa shape index (κ1) is 28.2. The number of benzene rings is 1. The number of H-pyrrole nitrogens is 1. The summed E-state index contributed by atoms with van der Waals surface area (Å²) < 4.78 is 11.6. The number of nitrogens with one attached hydrogen (secondary N) is 1. The number of rotatable bonds is 8. The van der Waals surface area contributed by atoms with Gasteiger partial charge in [-0.25, -0.2) is 9.59 Å². The van der Waals surface area contributed by atoms with Crippen LogP contribution in [0.15, 0.2) is 30.5 Å². The number of hydrogen-bond donors (Lipinski definition) is 1. The van der Waals surface area contributed by atoms with Gasteiger partial charge < -0.3 is 24.3 Å². The van der Waals surface area contributed by atoms with Crippen molar-refractivity contribution in [3.05, 3.63) is 41.7 Å². The molecule has 2 aromatic rings. The van der Waals surface area contributed by atoms with Gasteiger partial charge in [-0.3, -0.25) is 4.90 Å². The van der Waals surface area contributed by atoms with E-state index in [0.717, 1.165) is 54.6 Å². The Hall–Kier alpha value is -2.84. The Morgan fingerprint density at radius 1 is 1.21 bits per heavy atom. The molecule has 1 fully saturated rings. The molecule has 8 nitrogen and oxygen atoms in total. The predicted molar refractivity (Wildman–Crippen MR) is 151 cm³/mol. The molecule has 3 heterocycles. The lowest BCUT2D eigenvalue weighted by atomic mass is 9.82. The van der Waals surface area contributed by atoms with E-state index in [1.54, 1.807) is 11.1 Å². The van der Waals surface area contributed by atoms with Crippen molar-refractivity contribution in [2.75, 3.05) is 53.5 Å². The van der Waals surface area contributed by atoms with Gasteiger partial charge in [-0.1, -0.05) is 32.0 Å². The van der Waals surface area contributed by atoms with Gasteiger partial charge in [0.2, 0.25) is 0 Å². The number of amides is 2. The van der Waals surface area contributed by atoms with E-state index in [-0.39, 0.29) is 12.1 Å². The molecular weight excluding hydrogens is 480 g/mol. The van der Waals surface area contributed by atoms with E-state index in [9.17, 15) is 9.59 Å². The summed E-state index contributed by atoms with van der Waals surface area (Å²) in [6, 6.07) is 8.01. The Morgan fingerprint density at radius 2 is 1.97 bits per heavy atom. The second-order valence-electron chi connectivity index (χ2n) is 11.9. The number of hydrogen-bond acceptors (Lipinski definition) is 5. The Morgan fingerprint density at radius 3 is 2.71 bits per heavy atom. The van der Waals surface area contributed by atoms with Gasteiger partial charge in [0, 0.05) is 54.7 Å². The molecule has 0 spiro atoms. The second-order valence-corrected chi connectivity index (χ2v) is 11.9. The van der Waals surface area contributed by atoms with Crippen LogP contribution in [0.3, 0.4) is 0 Å². The molecule has 38 heavy (non-hydrogen) atoms. The van der Waals surface area contributed by atoms with Crippen molar-refractivity contribution in [3.63, 3.8) is 0 Å². The van der Waals surface area contributed by atoms with Crippen LogP contribution in [-0.4, -0.2) is 91.3 Å². The van der Waals surface area contributed by atoms with Crippen molar-refractivity contribution in [2.45, 2.75) is 58.5 Å². The SMILES string of the molecule is CC(C)OC(=O)C1=CN(C(=O)N2CCCC(COCCCN(C)C)C2)CC(C)(C)c2c1[nH]c1ccccc21. The molecule has 2 aliphatic rings. The first-order valence-corrected chi connectivity index (χ1v) is 13.9. The molecule has 1 atom stereocenters. The third kappa shape index (κ3) is 6.41. The molecule has 0 aliphatic carbocycles. The quantitative estimate of drug-likeness (QED) is 0.394.